The summed E-state index contributed by atoms with van der Waals surface area (Å²) < 4.78 is 5.36. The number of nitrogens with one attached hydrogen (secondary N) is 1. The Morgan fingerprint density at radius 3 is 2.26 bits per heavy atom. The molecule has 2 saturated carbocycles. The molecule has 0 aromatic heterocycles. The second kappa shape index (κ2) is 9.29. The van der Waals surface area contributed by atoms with Crippen LogP contribution in [0.25, 0.3) is 0 Å². The number of piperidine rings is 1. The number of nitrogens with zero attached hydrogens (tertiary/aromatic N) is 3. The predicted octanol–water partition coefficient (Wildman–Crippen LogP) is 2.33. The molecule has 2 heterocycles. The number of aliphatic imine (C=N–C) groups is 1. The Morgan fingerprint density at radius 2 is 1.74 bits per heavy atom. The van der Waals surface area contributed by atoms with Crippen molar-refractivity contribution in [3.63, 3.8) is 0 Å². The first kappa shape index (κ1) is 21.1. The molecule has 154 valence electrons. The minimum atomic E-state index is 0. The molecule has 0 radical (unpaired) electrons. The maximum Gasteiger partial charge on any atom is 0.225 e. The fraction of sp³-hybridized carbons (Fsp3) is 0.900. The number of ether oxygens (including phenoxy) is 1. The van der Waals surface area contributed by atoms with E-state index >= 15 is 0 Å². The molecule has 0 unspecified atom stereocenters. The summed E-state index contributed by atoms with van der Waals surface area (Å²) >= 11 is 0. The molecule has 27 heavy (non-hydrogen) atoms. The Labute approximate surface area is 180 Å². The van der Waals surface area contributed by atoms with Gasteiger partial charge in [0, 0.05) is 45.7 Å². The predicted molar refractivity (Wildman–Crippen MR) is 117 cm³/mol. The van der Waals surface area contributed by atoms with E-state index < -0.39 is 0 Å². The average Bonchev–Trinajstić information content (AvgIpc) is 3.50. The zero-order valence-electron chi connectivity index (χ0n) is 16.6. The molecule has 1 N–H and O–H groups in total. The van der Waals surface area contributed by atoms with E-state index in [2.05, 4.69) is 15.2 Å². The lowest BCUT2D eigenvalue weighted by atomic mass is 9.65. The fourth-order valence-corrected chi connectivity index (χ4v) is 5.02. The van der Waals surface area contributed by atoms with Crippen molar-refractivity contribution in [2.24, 2.45) is 22.2 Å². The Morgan fingerprint density at radius 1 is 1.07 bits per heavy atom. The Kier molecular flexibility index (Phi) is 7.27. The first-order chi connectivity index (χ1) is 12.7. The number of likely N-dealkylation sites (tertiary alicyclic amines) is 1. The lowest BCUT2D eigenvalue weighted by Gasteiger charge is -2.44. The topological polar surface area (TPSA) is 57.2 Å². The maximum atomic E-state index is 12.7. The Balaban J connectivity index is 0.00000210. The smallest absolute Gasteiger partial charge is 0.225 e. The molecule has 1 amide bonds. The van der Waals surface area contributed by atoms with Crippen LogP contribution < -0.4 is 5.32 Å². The van der Waals surface area contributed by atoms with Crippen molar-refractivity contribution in [3.8, 4) is 0 Å². The lowest BCUT2D eigenvalue weighted by Crippen LogP contribution is -2.52. The molecule has 0 spiro atoms. The minimum absolute atomic E-state index is 0. The summed E-state index contributed by atoms with van der Waals surface area (Å²) in [6.45, 7) is 5.81. The van der Waals surface area contributed by atoms with Crippen molar-refractivity contribution in [1.29, 1.82) is 0 Å². The second-order valence-corrected chi connectivity index (χ2v) is 8.59. The molecule has 4 rings (SSSR count). The van der Waals surface area contributed by atoms with Crippen molar-refractivity contribution < 1.29 is 9.53 Å². The van der Waals surface area contributed by atoms with Crippen LogP contribution in [0.2, 0.25) is 0 Å². The SMILES string of the molecule is CN=C(NCC1(C2CC2)CCC1)N1CCC(C(=O)N2CCOCC2)CC1.I. The van der Waals surface area contributed by atoms with Crippen LogP contribution in [0.3, 0.4) is 0 Å². The van der Waals surface area contributed by atoms with Crippen LogP contribution in [0.15, 0.2) is 4.99 Å². The average molecular weight is 490 g/mol. The summed E-state index contributed by atoms with van der Waals surface area (Å²) in [6, 6.07) is 0. The van der Waals surface area contributed by atoms with E-state index in [0.29, 0.717) is 24.5 Å². The van der Waals surface area contributed by atoms with Crippen molar-refractivity contribution in [2.75, 3.05) is 53.0 Å². The summed E-state index contributed by atoms with van der Waals surface area (Å²) in [5.74, 6) is 2.50. The Hall–Kier alpha value is -0.570. The highest BCUT2D eigenvalue weighted by Crippen LogP contribution is 2.56. The summed E-state index contributed by atoms with van der Waals surface area (Å²) in [5, 5.41) is 3.67. The van der Waals surface area contributed by atoms with E-state index in [0.717, 1.165) is 57.4 Å². The summed E-state index contributed by atoms with van der Waals surface area (Å²) in [5.41, 5.74) is 0.556. The number of halogens is 1. The molecule has 7 heteroatoms. The number of carbonyl (C=O) groups is 1. The van der Waals surface area contributed by atoms with Gasteiger partial charge in [-0.15, -0.1) is 24.0 Å². The van der Waals surface area contributed by atoms with E-state index in [1.807, 2.05) is 11.9 Å². The highest BCUT2D eigenvalue weighted by molar-refractivity contribution is 14.0. The van der Waals surface area contributed by atoms with Crippen LogP contribution >= 0.6 is 24.0 Å². The van der Waals surface area contributed by atoms with Crippen LogP contribution in [0.1, 0.15) is 44.9 Å². The van der Waals surface area contributed by atoms with Gasteiger partial charge in [0.15, 0.2) is 5.96 Å². The van der Waals surface area contributed by atoms with Crippen LogP contribution in [-0.4, -0.2) is 74.7 Å². The molecule has 4 fully saturated rings. The first-order valence-corrected chi connectivity index (χ1v) is 10.5. The number of guanidine groups is 1. The third-order valence-corrected chi connectivity index (χ3v) is 7.07. The number of hydrogen-bond acceptors (Lipinski definition) is 3. The summed E-state index contributed by atoms with van der Waals surface area (Å²) in [6.07, 6.45) is 8.89. The second-order valence-electron chi connectivity index (χ2n) is 8.59. The van der Waals surface area contributed by atoms with E-state index in [4.69, 9.17) is 4.74 Å². The molecule has 2 aliphatic carbocycles. The normalized spacial score (nSPS) is 26.2. The molecule has 2 aliphatic heterocycles. The van der Waals surface area contributed by atoms with Gasteiger partial charge in [0.05, 0.1) is 13.2 Å². The maximum absolute atomic E-state index is 12.7. The van der Waals surface area contributed by atoms with Gasteiger partial charge in [-0.25, -0.2) is 0 Å². The number of amides is 1. The van der Waals surface area contributed by atoms with Gasteiger partial charge in [0.2, 0.25) is 5.91 Å². The summed E-state index contributed by atoms with van der Waals surface area (Å²) in [7, 11) is 1.89. The molecule has 4 aliphatic rings. The van der Waals surface area contributed by atoms with Crippen molar-refractivity contribution in [3.05, 3.63) is 0 Å². The van der Waals surface area contributed by atoms with Crippen LogP contribution in [0.4, 0.5) is 0 Å². The van der Waals surface area contributed by atoms with Crippen LogP contribution in [-0.2, 0) is 9.53 Å². The molecule has 0 bridgehead atoms. The van der Waals surface area contributed by atoms with Gasteiger partial charge in [0.1, 0.15) is 0 Å². The quantitative estimate of drug-likeness (QED) is 0.374. The number of carbonyl (C=O) groups excluding carboxylic acids is 1. The molecule has 0 aromatic carbocycles. The van der Waals surface area contributed by atoms with E-state index in [1.165, 1.54) is 32.1 Å². The van der Waals surface area contributed by atoms with Crippen LogP contribution in [0.5, 0.6) is 0 Å². The van der Waals surface area contributed by atoms with Gasteiger partial charge in [-0.1, -0.05) is 6.42 Å². The molecular weight excluding hydrogens is 455 g/mol. The zero-order valence-corrected chi connectivity index (χ0v) is 19.0. The highest BCUT2D eigenvalue weighted by atomic mass is 127. The number of rotatable bonds is 4. The minimum Gasteiger partial charge on any atom is -0.378 e. The standard InChI is InChI=1S/C20H34N4O2.HI/c1-21-19(22-15-20(7-2-8-20)17-3-4-17)24-9-5-16(6-10-24)18(25)23-11-13-26-14-12-23;/h16-17H,2-15H2,1H3,(H,21,22);1H. The monoisotopic (exact) mass is 490 g/mol. The number of morpholine rings is 1. The van der Waals surface area contributed by atoms with Gasteiger partial charge in [-0.3, -0.25) is 9.79 Å². The molecular formula is C20H35IN4O2. The van der Waals surface area contributed by atoms with Gasteiger partial charge < -0.3 is 19.9 Å². The molecule has 6 nitrogen and oxygen atoms in total. The van der Waals surface area contributed by atoms with E-state index in [9.17, 15) is 4.79 Å². The van der Waals surface area contributed by atoms with E-state index in [1.54, 1.807) is 0 Å². The molecule has 0 aromatic rings. The highest BCUT2D eigenvalue weighted by Gasteiger charge is 2.49. The summed E-state index contributed by atoms with van der Waals surface area (Å²) in [4.78, 5) is 21.6. The zero-order chi connectivity index (χ0) is 18.0. The van der Waals surface area contributed by atoms with E-state index in [-0.39, 0.29) is 29.9 Å². The third kappa shape index (κ3) is 4.71. The fourth-order valence-electron chi connectivity index (χ4n) is 5.02. The largest absolute Gasteiger partial charge is 0.378 e. The van der Waals surface area contributed by atoms with Gasteiger partial charge in [-0.05, 0) is 49.9 Å². The number of hydrogen-bond donors (Lipinski definition) is 1. The first-order valence-electron chi connectivity index (χ1n) is 10.5. The van der Waals surface area contributed by atoms with Gasteiger partial charge >= 0.3 is 0 Å². The van der Waals surface area contributed by atoms with Crippen molar-refractivity contribution >= 4 is 35.8 Å². The van der Waals surface area contributed by atoms with Crippen molar-refractivity contribution in [2.45, 2.75) is 44.9 Å². The Bertz CT molecular complexity index is 534. The lowest BCUT2D eigenvalue weighted by molar-refractivity contribution is -0.140. The third-order valence-electron chi connectivity index (χ3n) is 7.07. The molecule has 2 saturated heterocycles. The van der Waals surface area contributed by atoms with Crippen LogP contribution in [0, 0.1) is 17.3 Å². The van der Waals surface area contributed by atoms with Crippen molar-refractivity contribution in [1.82, 2.24) is 15.1 Å². The molecule has 0 atom stereocenters. The van der Waals surface area contributed by atoms with Gasteiger partial charge in [-0.2, -0.15) is 0 Å². The van der Waals surface area contributed by atoms with Gasteiger partial charge in [0.25, 0.3) is 0 Å².